The number of hydrogen-bond acceptors (Lipinski definition) is 3. The predicted octanol–water partition coefficient (Wildman–Crippen LogP) is 1.61. The summed E-state index contributed by atoms with van der Waals surface area (Å²) in [4.78, 5) is 41.0. The minimum absolute atomic E-state index is 0.211. The summed E-state index contributed by atoms with van der Waals surface area (Å²) in [6, 6.07) is 4.11. The number of halogens is 1. The Morgan fingerprint density at radius 1 is 1.17 bits per heavy atom. The van der Waals surface area contributed by atoms with E-state index in [1.807, 2.05) is 0 Å². The van der Waals surface area contributed by atoms with Crippen molar-refractivity contribution in [2.45, 2.75) is 25.8 Å². The lowest BCUT2D eigenvalue weighted by Crippen LogP contribution is -2.42. The van der Waals surface area contributed by atoms with E-state index in [-0.39, 0.29) is 12.5 Å². The molecule has 122 valence electrons. The smallest absolute Gasteiger partial charge is 0.332 e. The molecule has 23 heavy (non-hydrogen) atoms. The summed E-state index contributed by atoms with van der Waals surface area (Å²) in [5.74, 6) is -1.04. The summed E-state index contributed by atoms with van der Waals surface area (Å²) in [5, 5.41) is 0. The van der Waals surface area contributed by atoms with Crippen LogP contribution in [-0.2, 0) is 9.59 Å². The van der Waals surface area contributed by atoms with Gasteiger partial charge in [0.05, 0.1) is 0 Å². The molecule has 0 unspecified atom stereocenters. The number of anilines is 1. The monoisotopic (exact) mass is 319 g/mol. The van der Waals surface area contributed by atoms with Crippen LogP contribution in [0.3, 0.4) is 0 Å². The van der Waals surface area contributed by atoms with Crippen molar-refractivity contribution < 1.29 is 18.8 Å². The van der Waals surface area contributed by atoms with Crippen molar-refractivity contribution in [1.29, 1.82) is 0 Å². The molecule has 1 aromatic rings. The Morgan fingerprint density at radius 3 is 2.39 bits per heavy atom. The Bertz CT molecular complexity index is 640. The van der Waals surface area contributed by atoms with Crippen LogP contribution in [0.15, 0.2) is 24.3 Å². The van der Waals surface area contributed by atoms with Gasteiger partial charge in [-0.25, -0.2) is 9.18 Å². The highest BCUT2D eigenvalue weighted by atomic mass is 19.1. The first-order valence-corrected chi connectivity index (χ1v) is 7.67. The Balaban J connectivity index is 1.77. The summed E-state index contributed by atoms with van der Waals surface area (Å²) in [6.07, 6.45) is 1.90. The first kappa shape index (κ1) is 15.5. The summed E-state index contributed by atoms with van der Waals surface area (Å²) in [6.45, 7) is 2.71. The lowest BCUT2D eigenvalue weighted by atomic mass is 10.2. The fourth-order valence-corrected chi connectivity index (χ4v) is 3.01. The number of benzene rings is 1. The van der Waals surface area contributed by atoms with Gasteiger partial charge in [-0.05, 0) is 44.0 Å². The van der Waals surface area contributed by atoms with E-state index in [1.165, 1.54) is 29.2 Å². The summed E-state index contributed by atoms with van der Waals surface area (Å²) < 4.78 is 13.0. The average Bonchev–Trinajstić information content (AvgIpc) is 3.13. The van der Waals surface area contributed by atoms with Crippen molar-refractivity contribution >= 4 is 23.5 Å². The Hall–Kier alpha value is -2.44. The fourth-order valence-electron chi connectivity index (χ4n) is 3.01. The number of rotatable bonds is 3. The molecule has 2 heterocycles. The number of urea groups is 1. The molecule has 0 N–H and O–H groups in total. The number of hydrogen-bond donors (Lipinski definition) is 0. The second-order valence-corrected chi connectivity index (χ2v) is 5.82. The topological polar surface area (TPSA) is 60.9 Å². The molecule has 0 bridgehead atoms. The third-order valence-electron chi connectivity index (χ3n) is 4.30. The van der Waals surface area contributed by atoms with Crippen LogP contribution in [0.1, 0.15) is 19.8 Å². The predicted molar refractivity (Wildman–Crippen MR) is 81.3 cm³/mol. The van der Waals surface area contributed by atoms with Crippen molar-refractivity contribution in [1.82, 2.24) is 9.80 Å². The van der Waals surface area contributed by atoms with Gasteiger partial charge in [0.1, 0.15) is 18.4 Å². The van der Waals surface area contributed by atoms with Crippen LogP contribution in [0.5, 0.6) is 0 Å². The molecule has 2 aliphatic heterocycles. The van der Waals surface area contributed by atoms with Crippen molar-refractivity contribution in [2.24, 2.45) is 0 Å². The van der Waals surface area contributed by atoms with Gasteiger partial charge in [0, 0.05) is 18.8 Å². The van der Waals surface area contributed by atoms with E-state index in [4.69, 9.17) is 0 Å². The molecule has 1 atom stereocenters. The molecule has 0 radical (unpaired) electrons. The lowest BCUT2D eigenvalue weighted by Gasteiger charge is -2.21. The molecule has 0 aliphatic carbocycles. The van der Waals surface area contributed by atoms with Crippen LogP contribution in [0.4, 0.5) is 14.9 Å². The first-order valence-electron chi connectivity index (χ1n) is 7.67. The van der Waals surface area contributed by atoms with Crippen LogP contribution in [0, 0.1) is 5.82 Å². The molecule has 0 spiro atoms. The third-order valence-corrected chi connectivity index (χ3v) is 4.30. The van der Waals surface area contributed by atoms with Crippen LogP contribution in [0.2, 0.25) is 0 Å². The molecule has 2 saturated heterocycles. The maximum atomic E-state index is 13.0. The average molecular weight is 319 g/mol. The number of carbonyl (C=O) groups is 3. The van der Waals surface area contributed by atoms with E-state index in [1.54, 1.807) is 11.8 Å². The summed E-state index contributed by atoms with van der Waals surface area (Å²) in [7, 11) is 0. The molecule has 0 saturated carbocycles. The van der Waals surface area contributed by atoms with Gasteiger partial charge in [0.25, 0.3) is 5.91 Å². The number of imide groups is 1. The molecule has 6 nitrogen and oxygen atoms in total. The van der Waals surface area contributed by atoms with Gasteiger partial charge in [-0.1, -0.05) is 0 Å². The summed E-state index contributed by atoms with van der Waals surface area (Å²) in [5.41, 5.74) is 0.438. The number of amides is 4. The third kappa shape index (κ3) is 2.78. The van der Waals surface area contributed by atoms with Gasteiger partial charge >= 0.3 is 6.03 Å². The van der Waals surface area contributed by atoms with Crippen LogP contribution >= 0.6 is 0 Å². The highest BCUT2D eigenvalue weighted by Gasteiger charge is 2.44. The molecule has 0 aromatic heterocycles. The summed E-state index contributed by atoms with van der Waals surface area (Å²) >= 11 is 0. The zero-order valence-corrected chi connectivity index (χ0v) is 12.9. The number of carbonyl (C=O) groups excluding carboxylic acids is 3. The second-order valence-electron chi connectivity index (χ2n) is 5.82. The Kier molecular flexibility index (Phi) is 4.02. The molecule has 4 amide bonds. The zero-order valence-electron chi connectivity index (χ0n) is 12.9. The number of likely N-dealkylation sites (tertiary alicyclic amines) is 1. The van der Waals surface area contributed by atoms with E-state index in [9.17, 15) is 18.8 Å². The number of nitrogens with zero attached hydrogens (tertiary/aromatic N) is 3. The van der Waals surface area contributed by atoms with Gasteiger partial charge in [-0.2, -0.15) is 0 Å². The quantitative estimate of drug-likeness (QED) is 0.795. The van der Waals surface area contributed by atoms with E-state index >= 15 is 0 Å². The minimum Gasteiger partial charge on any atom is -0.341 e. The van der Waals surface area contributed by atoms with Gasteiger partial charge in [0.2, 0.25) is 5.91 Å². The minimum atomic E-state index is -0.709. The molecule has 3 rings (SSSR count). The Labute approximate surface area is 133 Å². The van der Waals surface area contributed by atoms with Crippen molar-refractivity contribution in [3.63, 3.8) is 0 Å². The van der Waals surface area contributed by atoms with E-state index in [0.29, 0.717) is 18.8 Å². The molecule has 2 fully saturated rings. The van der Waals surface area contributed by atoms with Crippen molar-refractivity contribution in [3.05, 3.63) is 30.1 Å². The molecular weight excluding hydrogens is 301 g/mol. The van der Waals surface area contributed by atoms with Crippen molar-refractivity contribution in [3.8, 4) is 0 Å². The van der Waals surface area contributed by atoms with Crippen LogP contribution < -0.4 is 4.90 Å². The molecular formula is C16H18FN3O3. The van der Waals surface area contributed by atoms with E-state index in [0.717, 1.165) is 17.7 Å². The maximum absolute atomic E-state index is 13.0. The normalized spacial score (nSPS) is 21.5. The van der Waals surface area contributed by atoms with E-state index < -0.39 is 23.8 Å². The van der Waals surface area contributed by atoms with Gasteiger partial charge < -0.3 is 4.90 Å². The van der Waals surface area contributed by atoms with Crippen molar-refractivity contribution in [2.75, 3.05) is 24.5 Å². The SMILES string of the molecule is C[C@@H]1C(=O)N(CC(=O)N2CCCC2)C(=O)N1c1ccc(F)cc1. The standard InChI is InChI=1S/C16H18FN3O3/c1-11-15(22)19(10-14(21)18-8-2-3-9-18)16(23)20(11)13-6-4-12(17)5-7-13/h4-7,11H,2-3,8-10H2,1H3/t11-/m1/s1. The second kappa shape index (κ2) is 5.98. The van der Waals surface area contributed by atoms with E-state index in [2.05, 4.69) is 0 Å². The molecule has 2 aliphatic rings. The molecule has 1 aromatic carbocycles. The maximum Gasteiger partial charge on any atom is 0.332 e. The fraction of sp³-hybridized carbons (Fsp3) is 0.438. The highest BCUT2D eigenvalue weighted by molar-refractivity contribution is 6.15. The van der Waals surface area contributed by atoms with Gasteiger partial charge in [-0.3, -0.25) is 19.4 Å². The highest BCUT2D eigenvalue weighted by Crippen LogP contribution is 2.26. The van der Waals surface area contributed by atoms with Gasteiger partial charge in [-0.15, -0.1) is 0 Å². The van der Waals surface area contributed by atoms with Crippen LogP contribution in [-0.4, -0.2) is 53.3 Å². The lowest BCUT2D eigenvalue weighted by molar-refractivity contribution is -0.136. The first-order chi connectivity index (χ1) is 11.0. The largest absolute Gasteiger partial charge is 0.341 e. The van der Waals surface area contributed by atoms with Gasteiger partial charge in [0.15, 0.2) is 0 Å². The molecule has 7 heteroatoms. The zero-order chi connectivity index (χ0) is 16.6. The Morgan fingerprint density at radius 2 is 1.78 bits per heavy atom. The van der Waals surface area contributed by atoms with Crippen LogP contribution in [0.25, 0.3) is 0 Å².